The topological polar surface area (TPSA) is 114 Å². The average molecular weight is 239 g/mol. The number of hydrogen-bond donors (Lipinski definition) is 2. The molecule has 1 heterocycles. The molecule has 0 spiro atoms. The third-order valence-electron chi connectivity index (χ3n) is 2.33. The fourth-order valence-corrected chi connectivity index (χ4v) is 1.43. The van der Waals surface area contributed by atoms with Crippen molar-refractivity contribution in [2.75, 3.05) is 13.2 Å². The van der Waals surface area contributed by atoms with Crippen molar-refractivity contribution < 1.29 is 19.1 Å². The van der Waals surface area contributed by atoms with Crippen LogP contribution in [0.15, 0.2) is 11.8 Å². The second-order valence-corrected chi connectivity index (χ2v) is 3.50. The molecule has 0 aromatic carbocycles. The van der Waals surface area contributed by atoms with Crippen LogP contribution in [0.1, 0.15) is 13.3 Å². The first-order valence-corrected chi connectivity index (χ1v) is 5.00. The predicted molar refractivity (Wildman–Crippen MR) is 55.7 cm³/mol. The second-order valence-electron chi connectivity index (χ2n) is 3.50. The number of esters is 1. The molecule has 3 N–H and O–H groups in total. The minimum atomic E-state index is -1.37. The van der Waals surface area contributed by atoms with E-state index in [0.29, 0.717) is 0 Å². The summed E-state index contributed by atoms with van der Waals surface area (Å²) < 4.78 is 9.81. The van der Waals surface area contributed by atoms with Crippen molar-refractivity contribution in [3.8, 4) is 6.07 Å². The van der Waals surface area contributed by atoms with E-state index in [2.05, 4.69) is 4.74 Å². The van der Waals surface area contributed by atoms with Crippen LogP contribution in [0.5, 0.6) is 0 Å². The molecule has 1 amide bonds. The van der Waals surface area contributed by atoms with Gasteiger partial charge in [0.15, 0.2) is 5.41 Å². The van der Waals surface area contributed by atoms with Crippen LogP contribution in [0, 0.1) is 16.7 Å². The van der Waals surface area contributed by atoms with Gasteiger partial charge in [0.25, 0.3) is 5.91 Å². The number of nitrogens with one attached hydrogen (secondary N) is 1. The number of hydrazine groups is 1. The second kappa shape index (κ2) is 5.32. The summed E-state index contributed by atoms with van der Waals surface area (Å²) in [6, 6.07) is 1.85. The summed E-state index contributed by atoms with van der Waals surface area (Å²) in [7, 11) is 0. The maximum Gasteiger partial charge on any atom is 0.334 e. The number of allylic oxidation sites excluding steroid dienone is 1. The summed E-state index contributed by atoms with van der Waals surface area (Å²) in [5.41, 5.74) is 0.545. The van der Waals surface area contributed by atoms with Gasteiger partial charge in [-0.2, -0.15) is 5.26 Å². The first-order chi connectivity index (χ1) is 8.07. The first kappa shape index (κ1) is 13.0. The Morgan fingerprint density at radius 1 is 1.76 bits per heavy atom. The molecule has 1 fully saturated rings. The summed E-state index contributed by atoms with van der Waals surface area (Å²) >= 11 is 0. The van der Waals surface area contributed by atoms with Gasteiger partial charge in [0, 0.05) is 6.42 Å². The SMILES string of the molecule is CCOC(=O)C=C1CC(C#N)(C(=O)NN)CO1. The van der Waals surface area contributed by atoms with Crippen LogP contribution < -0.4 is 11.3 Å². The van der Waals surface area contributed by atoms with Gasteiger partial charge in [-0.25, -0.2) is 10.6 Å². The number of nitrogens with zero attached hydrogens (tertiary/aromatic N) is 1. The number of nitriles is 1. The van der Waals surface area contributed by atoms with Gasteiger partial charge in [-0.15, -0.1) is 0 Å². The molecule has 1 aliphatic rings. The van der Waals surface area contributed by atoms with Gasteiger partial charge >= 0.3 is 5.97 Å². The number of carbonyl (C=O) groups is 2. The normalized spacial score (nSPS) is 24.9. The lowest BCUT2D eigenvalue weighted by Crippen LogP contribution is -2.43. The van der Waals surface area contributed by atoms with Crippen molar-refractivity contribution in [1.82, 2.24) is 5.43 Å². The van der Waals surface area contributed by atoms with Crippen LogP contribution >= 0.6 is 0 Å². The van der Waals surface area contributed by atoms with Crippen molar-refractivity contribution in [2.24, 2.45) is 11.3 Å². The van der Waals surface area contributed by atoms with Gasteiger partial charge in [0.2, 0.25) is 0 Å². The molecule has 0 aliphatic carbocycles. The first-order valence-electron chi connectivity index (χ1n) is 5.00. The summed E-state index contributed by atoms with van der Waals surface area (Å²) in [5, 5.41) is 8.98. The zero-order valence-electron chi connectivity index (χ0n) is 9.36. The van der Waals surface area contributed by atoms with Gasteiger partial charge < -0.3 is 9.47 Å². The molecular weight excluding hydrogens is 226 g/mol. The Bertz CT molecular complexity index is 399. The molecule has 1 unspecified atom stereocenters. The van der Waals surface area contributed by atoms with E-state index < -0.39 is 17.3 Å². The minimum Gasteiger partial charge on any atom is -0.495 e. The summed E-state index contributed by atoms with van der Waals surface area (Å²) in [4.78, 5) is 22.6. The molecule has 1 saturated heterocycles. The van der Waals surface area contributed by atoms with E-state index >= 15 is 0 Å². The standard InChI is InChI=1S/C10H13N3O4/c1-2-16-8(14)3-7-4-10(5-11,6-17-7)9(15)13-12/h3H,2,4,6,12H2,1H3,(H,13,15). The van der Waals surface area contributed by atoms with Crippen LogP contribution in [0.25, 0.3) is 0 Å². The number of ether oxygens (including phenoxy) is 2. The Balaban J connectivity index is 2.78. The molecule has 1 rings (SSSR count). The van der Waals surface area contributed by atoms with Gasteiger partial charge in [0.05, 0.1) is 18.8 Å². The van der Waals surface area contributed by atoms with Crippen molar-refractivity contribution in [3.63, 3.8) is 0 Å². The van der Waals surface area contributed by atoms with Gasteiger partial charge in [-0.3, -0.25) is 10.2 Å². The average Bonchev–Trinajstić information content (AvgIpc) is 2.73. The molecule has 1 aliphatic heterocycles. The van der Waals surface area contributed by atoms with Crippen LogP contribution in [0.3, 0.4) is 0 Å². The zero-order valence-corrected chi connectivity index (χ0v) is 9.36. The van der Waals surface area contributed by atoms with E-state index in [0.717, 1.165) is 6.08 Å². The highest BCUT2D eigenvalue weighted by atomic mass is 16.5. The molecule has 0 aromatic heterocycles. The number of nitrogens with two attached hydrogens (primary N) is 1. The van der Waals surface area contributed by atoms with Gasteiger partial charge in [0.1, 0.15) is 12.4 Å². The minimum absolute atomic E-state index is 0.00531. The zero-order chi connectivity index (χ0) is 12.9. The molecule has 0 aromatic rings. The highest BCUT2D eigenvalue weighted by Gasteiger charge is 2.45. The molecule has 92 valence electrons. The van der Waals surface area contributed by atoms with Crippen molar-refractivity contribution in [1.29, 1.82) is 5.26 Å². The van der Waals surface area contributed by atoms with Crippen LogP contribution in [-0.4, -0.2) is 25.1 Å². The molecule has 1 atom stereocenters. The Morgan fingerprint density at radius 3 is 3.00 bits per heavy atom. The smallest absolute Gasteiger partial charge is 0.334 e. The number of carbonyl (C=O) groups excluding carboxylic acids is 2. The maximum atomic E-state index is 11.4. The third-order valence-corrected chi connectivity index (χ3v) is 2.33. The Morgan fingerprint density at radius 2 is 2.47 bits per heavy atom. The fourth-order valence-electron chi connectivity index (χ4n) is 1.43. The number of amides is 1. The molecule has 7 nitrogen and oxygen atoms in total. The molecule has 0 radical (unpaired) electrons. The molecular formula is C10H13N3O4. The van der Waals surface area contributed by atoms with E-state index in [1.54, 1.807) is 6.92 Å². The lowest BCUT2D eigenvalue weighted by atomic mass is 9.87. The third kappa shape index (κ3) is 2.73. The monoisotopic (exact) mass is 239 g/mol. The van der Waals surface area contributed by atoms with Gasteiger partial charge in [-0.05, 0) is 6.92 Å². The molecule has 17 heavy (non-hydrogen) atoms. The van der Waals surface area contributed by atoms with Crippen LogP contribution in [0.4, 0.5) is 0 Å². The van der Waals surface area contributed by atoms with E-state index in [1.165, 1.54) is 0 Å². The number of rotatable bonds is 3. The number of hydrogen-bond acceptors (Lipinski definition) is 6. The van der Waals surface area contributed by atoms with Crippen molar-refractivity contribution in [2.45, 2.75) is 13.3 Å². The van der Waals surface area contributed by atoms with Gasteiger partial charge in [-0.1, -0.05) is 0 Å². The Hall–Kier alpha value is -2.07. The van der Waals surface area contributed by atoms with Crippen LogP contribution in [0.2, 0.25) is 0 Å². The fraction of sp³-hybridized carbons (Fsp3) is 0.500. The molecule has 7 heteroatoms. The maximum absolute atomic E-state index is 11.4. The van der Waals surface area contributed by atoms with E-state index in [-0.39, 0.29) is 25.4 Å². The van der Waals surface area contributed by atoms with E-state index in [4.69, 9.17) is 15.8 Å². The predicted octanol–water partition coefficient (Wildman–Crippen LogP) is -0.646. The largest absolute Gasteiger partial charge is 0.495 e. The Kier molecular flexibility index (Phi) is 4.06. The quantitative estimate of drug-likeness (QED) is 0.222. The van der Waals surface area contributed by atoms with E-state index in [9.17, 15) is 9.59 Å². The summed E-state index contributed by atoms with van der Waals surface area (Å²) in [6.07, 6.45) is 1.14. The summed E-state index contributed by atoms with van der Waals surface area (Å²) in [5.74, 6) is 4.04. The molecule has 0 bridgehead atoms. The summed E-state index contributed by atoms with van der Waals surface area (Å²) in [6.45, 7) is 1.79. The van der Waals surface area contributed by atoms with Crippen LogP contribution in [-0.2, 0) is 19.1 Å². The lowest BCUT2D eigenvalue weighted by molar-refractivity contribution is -0.137. The van der Waals surface area contributed by atoms with Crippen molar-refractivity contribution in [3.05, 3.63) is 11.8 Å². The molecule has 0 saturated carbocycles. The van der Waals surface area contributed by atoms with E-state index in [1.807, 2.05) is 11.5 Å². The highest BCUT2D eigenvalue weighted by Crippen LogP contribution is 2.34. The Labute approximate surface area is 98.1 Å². The lowest BCUT2D eigenvalue weighted by Gasteiger charge is -2.13. The van der Waals surface area contributed by atoms with Crippen molar-refractivity contribution >= 4 is 11.9 Å². The highest BCUT2D eigenvalue weighted by molar-refractivity contribution is 5.87.